The van der Waals surface area contributed by atoms with Crippen LogP contribution in [0.5, 0.6) is 11.5 Å². The maximum atomic E-state index is 10.9. The Balaban J connectivity index is 2.20. The summed E-state index contributed by atoms with van der Waals surface area (Å²) in [7, 11) is 1.42. The summed E-state index contributed by atoms with van der Waals surface area (Å²) >= 11 is 0. The lowest BCUT2D eigenvalue weighted by Crippen LogP contribution is -2.04. The Morgan fingerprint density at radius 1 is 1.50 bits per heavy atom. The topological polar surface area (TPSA) is 149 Å². The highest BCUT2D eigenvalue weighted by Crippen LogP contribution is 2.27. The summed E-state index contributed by atoms with van der Waals surface area (Å²) in [5.74, 6) is -0.114. The molecule has 1 heterocycles. The van der Waals surface area contributed by atoms with Gasteiger partial charge in [0.05, 0.1) is 18.2 Å². The van der Waals surface area contributed by atoms with E-state index in [1.807, 2.05) is 0 Å². The molecule has 0 aliphatic carbocycles. The normalized spacial score (nSPS) is 10.6. The fraction of sp³-hybridized carbons (Fsp3) is 0.0833. The Morgan fingerprint density at radius 2 is 2.27 bits per heavy atom. The van der Waals surface area contributed by atoms with Crippen molar-refractivity contribution in [1.29, 1.82) is 0 Å². The molecule has 0 amide bonds. The highest BCUT2D eigenvalue weighted by Gasteiger charge is 2.20. The molecule has 2 aromatic rings. The number of nitrogens with two attached hydrogens (primary N) is 1. The van der Waals surface area contributed by atoms with Gasteiger partial charge in [-0.2, -0.15) is 5.10 Å². The molecule has 4 N–H and O–H groups in total. The number of hydrogen-bond acceptors (Lipinski definition) is 9. The average molecular weight is 304 g/mol. The Bertz CT molecular complexity index is 734. The molecule has 1 aromatic carbocycles. The molecule has 114 valence electrons. The standard InChI is InChI=1S/C12H12N6O4/c1-22-9-4-7(2-3-8(9)19)5-16-17-12-10(18(20)21)11(13)14-6-15-12/h2-6,19H,1H3,(H3,13,14,15,17). The van der Waals surface area contributed by atoms with Crippen LogP contribution in [-0.4, -0.2) is 33.3 Å². The molecule has 10 heteroatoms. The number of nitro groups is 1. The van der Waals surface area contributed by atoms with Gasteiger partial charge in [0.25, 0.3) is 0 Å². The van der Waals surface area contributed by atoms with Gasteiger partial charge in [-0.15, -0.1) is 0 Å². The van der Waals surface area contributed by atoms with Crippen LogP contribution >= 0.6 is 0 Å². The number of hydrazone groups is 1. The number of phenols is 1. The molecule has 0 aliphatic heterocycles. The van der Waals surface area contributed by atoms with E-state index in [-0.39, 0.29) is 23.1 Å². The van der Waals surface area contributed by atoms with Gasteiger partial charge in [0, 0.05) is 0 Å². The van der Waals surface area contributed by atoms with Crippen LogP contribution in [-0.2, 0) is 0 Å². The summed E-state index contributed by atoms with van der Waals surface area (Å²) in [6.07, 6.45) is 2.47. The molecular weight excluding hydrogens is 292 g/mol. The minimum Gasteiger partial charge on any atom is -0.504 e. The van der Waals surface area contributed by atoms with Gasteiger partial charge in [-0.3, -0.25) is 15.5 Å². The van der Waals surface area contributed by atoms with Gasteiger partial charge in [0.1, 0.15) is 6.33 Å². The average Bonchev–Trinajstić information content (AvgIpc) is 2.48. The van der Waals surface area contributed by atoms with E-state index >= 15 is 0 Å². The first kappa shape index (κ1) is 15.0. The second-order valence-corrected chi connectivity index (χ2v) is 4.01. The lowest BCUT2D eigenvalue weighted by atomic mass is 10.2. The maximum Gasteiger partial charge on any atom is 0.354 e. The fourth-order valence-corrected chi connectivity index (χ4v) is 1.60. The Labute approximate surface area is 124 Å². The second kappa shape index (κ2) is 6.35. The summed E-state index contributed by atoms with van der Waals surface area (Å²) in [6, 6.07) is 4.57. The summed E-state index contributed by atoms with van der Waals surface area (Å²) < 4.78 is 4.96. The Morgan fingerprint density at radius 3 is 2.95 bits per heavy atom. The van der Waals surface area contributed by atoms with Crippen LogP contribution in [0.2, 0.25) is 0 Å². The van der Waals surface area contributed by atoms with E-state index in [9.17, 15) is 15.2 Å². The number of nitrogen functional groups attached to an aromatic ring is 1. The molecule has 0 saturated heterocycles. The summed E-state index contributed by atoms with van der Waals surface area (Å²) in [4.78, 5) is 17.5. The first-order valence-corrected chi connectivity index (χ1v) is 5.94. The van der Waals surface area contributed by atoms with Gasteiger partial charge < -0.3 is 15.6 Å². The molecule has 0 atom stereocenters. The molecule has 0 bridgehead atoms. The zero-order valence-corrected chi connectivity index (χ0v) is 11.4. The van der Waals surface area contributed by atoms with Crippen molar-refractivity contribution in [3.63, 3.8) is 0 Å². The van der Waals surface area contributed by atoms with Crippen molar-refractivity contribution < 1.29 is 14.8 Å². The predicted molar refractivity (Wildman–Crippen MR) is 79.0 cm³/mol. The molecule has 2 rings (SSSR count). The van der Waals surface area contributed by atoms with Gasteiger partial charge in [-0.05, 0) is 23.8 Å². The number of nitrogens with one attached hydrogen (secondary N) is 1. The van der Waals surface area contributed by atoms with Gasteiger partial charge >= 0.3 is 5.69 Å². The number of benzene rings is 1. The molecule has 10 nitrogen and oxygen atoms in total. The van der Waals surface area contributed by atoms with E-state index in [4.69, 9.17) is 10.5 Å². The Kier molecular flexibility index (Phi) is 4.32. The quantitative estimate of drug-likeness (QED) is 0.422. The number of nitrogens with zero attached hydrogens (tertiary/aromatic N) is 4. The van der Waals surface area contributed by atoms with Crippen LogP contribution < -0.4 is 15.9 Å². The number of ether oxygens (including phenoxy) is 1. The molecular formula is C12H12N6O4. The van der Waals surface area contributed by atoms with Crippen LogP contribution in [0.4, 0.5) is 17.3 Å². The molecule has 0 fully saturated rings. The van der Waals surface area contributed by atoms with Crippen molar-refractivity contribution in [3.05, 3.63) is 40.2 Å². The highest BCUT2D eigenvalue weighted by molar-refractivity contribution is 5.81. The van der Waals surface area contributed by atoms with E-state index in [1.54, 1.807) is 12.1 Å². The van der Waals surface area contributed by atoms with Gasteiger partial charge in [-0.1, -0.05) is 0 Å². The first-order valence-electron chi connectivity index (χ1n) is 5.94. The van der Waals surface area contributed by atoms with Crippen molar-refractivity contribution in [2.24, 2.45) is 5.10 Å². The molecule has 0 radical (unpaired) electrons. The molecule has 0 unspecified atom stereocenters. The van der Waals surface area contributed by atoms with E-state index in [0.717, 1.165) is 6.33 Å². The van der Waals surface area contributed by atoms with Crippen molar-refractivity contribution >= 4 is 23.5 Å². The number of rotatable bonds is 5. The monoisotopic (exact) mass is 304 g/mol. The van der Waals surface area contributed by atoms with Crippen LogP contribution in [0, 0.1) is 10.1 Å². The number of aromatic nitrogens is 2. The minimum atomic E-state index is -0.698. The fourth-order valence-electron chi connectivity index (χ4n) is 1.60. The van der Waals surface area contributed by atoms with Crippen molar-refractivity contribution in [1.82, 2.24) is 9.97 Å². The van der Waals surface area contributed by atoms with Gasteiger partial charge in [0.2, 0.25) is 11.6 Å². The number of methoxy groups -OCH3 is 1. The SMILES string of the molecule is COc1cc(C=NNc2ncnc(N)c2[N+](=O)[O-])ccc1O. The van der Waals surface area contributed by atoms with Crippen LogP contribution in [0.1, 0.15) is 5.56 Å². The molecule has 1 aromatic heterocycles. The molecule has 0 saturated carbocycles. The number of aromatic hydroxyl groups is 1. The molecule has 0 aliphatic rings. The molecule has 22 heavy (non-hydrogen) atoms. The second-order valence-electron chi connectivity index (χ2n) is 4.01. The maximum absolute atomic E-state index is 10.9. The zero-order valence-electron chi connectivity index (χ0n) is 11.4. The highest BCUT2D eigenvalue weighted by atomic mass is 16.6. The number of hydrogen-bond donors (Lipinski definition) is 3. The van der Waals surface area contributed by atoms with Gasteiger partial charge in [-0.25, -0.2) is 9.97 Å². The van der Waals surface area contributed by atoms with E-state index in [1.165, 1.54) is 19.4 Å². The largest absolute Gasteiger partial charge is 0.504 e. The van der Waals surface area contributed by atoms with Crippen LogP contribution in [0.3, 0.4) is 0 Å². The minimum absolute atomic E-state index is 0.00757. The zero-order chi connectivity index (χ0) is 16.1. The third-order valence-electron chi connectivity index (χ3n) is 2.62. The lowest BCUT2D eigenvalue weighted by Gasteiger charge is -2.04. The summed E-state index contributed by atoms with van der Waals surface area (Å²) in [6.45, 7) is 0. The Hall–Kier alpha value is -3.43. The molecule has 0 spiro atoms. The van der Waals surface area contributed by atoms with Crippen molar-refractivity contribution in [2.45, 2.75) is 0 Å². The van der Waals surface area contributed by atoms with Crippen LogP contribution in [0.25, 0.3) is 0 Å². The van der Waals surface area contributed by atoms with E-state index in [0.29, 0.717) is 5.56 Å². The third kappa shape index (κ3) is 3.17. The smallest absolute Gasteiger partial charge is 0.354 e. The van der Waals surface area contributed by atoms with Crippen molar-refractivity contribution in [3.8, 4) is 11.5 Å². The predicted octanol–water partition coefficient (Wildman–Crippen LogP) is 1.13. The van der Waals surface area contributed by atoms with Crippen molar-refractivity contribution in [2.75, 3.05) is 18.3 Å². The summed E-state index contributed by atoms with van der Waals surface area (Å²) in [5, 5.41) is 24.2. The van der Waals surface area contributed by atoms with E-state index < -0.39 is 10.6 Å². The van der Waals surface area contributed by atoms with E-state index in [2.05, 4.69) is 20.5 Å². The van der Waals surface area contributed by atoms with Crippen LogP contribution in [0.15, 0.2) is 29.6 Å². The lowest BCUT2D eigenvalue weighted by molar-refractivity contribution is -0.383. The summed E-state index contributed by atoms with van der Waals surface area (Å²) in [5.41, 5.74) is 8.01. The number of phenolic OH excluding ortho intramolecular Hbond substituents is 1. The number of anilines is 2. The van der Waals surface area contributed by atoms with Gasteiger partial charge in [0.15, 0.2) is 11.5 Å². The first-order chi connectivity index (χ1) is 10.5. The third-order valence-corrected chi connectivity index (χ3v) is 2.62.